The number of ether oxygens (including phenoxy) is 3. The Morgan fingerprint density at radius 1 is 1.50 bits per heavy atom. The Kier molecular flexibility index (Phi) is 3.54. The number of rotatable bonds is 3. The third-order valence-electron chi connectivity index (χ3n) is 3.88. The summed E-state index contributed by atoms with van der Waals surface area (Å²) in [7, 11) is 1.63. The summed E-state index contributed by atoms with van der Waals surface area (Å²) in [6.45, 7) is 4.41. The molecular weight excluding hydrogens is 208 g/mol. The van der Waals surface area contributed by atoms with Crippen LogP contribution in [0.25, 0.3) is 0 Å². The molecule has 1 N–H and O–H groups in total. The highest BCUT2D eigenvalue weighted by Gasteiger charge is 2.46. The zero-order valence-electron chi connectivity index (χ0n) is 10.2. The Bertz CT molecular complexity index is 233. The quantitative estimate of drug-likeness (QED) is 0.785. The van der Waals surface area contributed by atoms with E-state index in [1.54, 1.807) is 7.11 Å². The molecule has 2 saturated heterocycles. The molecule has 3 atom stereocenters. The van der Waals surface area contributed by atoms with Gasteiger partial charge in [-0.25, -0.2) is 0 Å². The Morgan fingerprint density at radius 2 is 2.31 bits per heavy atom. The molecule has 0 aliphatic carbocycles. The van der Waals surface area contributed by atoms with Gasteiger partial charge in [-0.2, -0.15) is 0 Å². The lowest BCUT2D eigenvalue weighted by Crippen LogP contribution is -2.49. The standard InChI is InChI=1S/C12H22O4/c1-11(13,8-14-2)10-3-5-16-12(7-10)4-6-15-9-12/h10,13H,3-9H2,1-2H3. The molecule has 94 valence electrons. The Hall–Kier alpha value is -0.160. The van der Waals surface area contributed by atoms with Crippen LogP contribution in [-0.2, 0) is 14.2 Å². The molecule has 4 heteroatoms. The van der Waals surface area contributed by atoms with E-state index in [1.165, 1.54) is 0 Å². The Morgan fingerprint density at radius 3 is 2.94 bits per heavy atom. The molecule has 16 heavy (non-hydrogen) atoms. The summed E-state index contributed by atoms with van der Waals surface area (Å²) < 4.78 is 16.4. The van der Waals surface area contributed by atoms with Crippen LogP contribution in [0.15, 0.2) is 0 Å². The second-order valence-corrected chi connectivity index (χ2v) is 5.31. The maximum Gasteiger partial charge on any atom is 0.0940 e. The topological polar surface area (TPSA) is 47.9 Å². The van der Waals surface area contributed by atoms with Gasteiger partial charge in [0.05, 0.1) is 24.4 Å². The second kappa shape index (κ2) is 4.61. The fraction of sp³-hybridized carbons (Fsp3) is 1.00. The highest BCUT2D eigenvalue weighted by atomic mass is 16.6. The largest absolute Gasteiger partial charge is 0.387 e. The third kappa shape index (κ3) is 2.40. The maximum absolute atomic E-state index is 10.4. The molecule has 0 radical (unpaired) electrons. The highest BCUT2D eigenvalue weighted by molar-refractivity contribution is 4.95. The van der Waals surface area contributed by atoms with E-state index >= 15 is 0 Å². The number of hydrogen-bond donors (Lipinski definition) is 1. The van der Waals surface area contributed by atoms with Gasteiger partial charge >= 0.3 is 0 Å². The lowest BCUT2D eigenvalue weighted by Gasteiger charge is -2.42. The summed E-state index contributed by atoms with van der Waals surface area (Å²) in [6.07, 6.45) is 2.73. The minimum atomic E-state index is -0.756. The van der Waals surface area contributed by atoms with Crippen LogP contribution in [0.5, 0.6) is 0 Å². The molecule has 0 saturated carbocycles. The van der Waals surface area contributed by atoms with E-state index in [0.717, 1.165) is 25.9 Å². The lowest BCUT2D eigenvalue weighted by molar-refractivity contribution is -0.151. The molecule has 2 heterocycles. The van der Waals surface area contributed by atoms with Crippen molar-refractivity contribution < 1.29 is 19.3 Å². The van der Waals surface area contributed by atoms with Crippen molar-refractivity contribution in [2.75, 3.05) is 33.5 Å². The molecule has 2 aliphatic heterocycles. The first-order valence-electron chi connectivity index (χ1n) is 6.01. The van der Waals surface area contributed by atoms with Crippen molar-refractivity contribution in [3.05, 3.63) is 0 Å². The first kappa shape index (κ1) is 12.3. The lowest BCUT2D eigenvalue weighted by atomic mass is 9.76. The average molecular weight is 230 g/mol. The number of hydrogen-bond acceptors (Lipinski definition) is 4. The third-order valence-corrected chi connectivity index (χ3v) is 3.88. The van der Waals surface area contributed by atoms with Gasteiger partial charge in [0.25, 0.3) is 0 Å². The molecule has 0 aromatic heterocycles. The van der Waals surface area contributed by atoms with E-state index in [1.807, 2.05) is 6.92 Å². The van der Waals surface area contributed by atoms with Crippen LogP contribution >= 0.6 is 0 Å². The van der Waals surface area contributed by atoms with E-state index < -0.39 is 5.60 Å². The number of aliphatic hydroxyl groups is 1. The van der Waals surface area contributed by atoms with E-state index in [4.69, 9.17) is 14.2 Å². The SMILES string of the molecule is COCC(C)(O)C1CCOC2(CCOC2)C1. The van der Waals surface area contributed by atoms with Crippen LogP contribution in [0.1, 0.15) is 26.2 Å². The van der Waals surface area contributed by atoms with E-state index in [0.29, 0.717) is 19.8 Å². The van der Waals surface area contributed by atoms with Crippen LogP contribution < -0.4 is 0 Å². The van der Waals surface area contributed by atoms with Crippen molar-refractivity contribution in [2.24, 2.45) is 5.92 Å². The van der Waals surface area contributed by atoms with Crippen molar-refractivity contribution >= 4 is 0 Å². The molecule has 0 amide bonds. The van der Waals surface area contributed by atoms with Gasteiger partial charge in [0, 0.05) is 26.7 Å². The van der Waals surface area contributed by atoms with Gasteiger partial charge in [0.15, 0.2) is 0 Å². The fourth-order valence-corrected chi connectivity index (χ4v) is 2.83. The van der Waals surface area contributed by atoms with Crippen LogP contribution in [-0.4, -0.2) is 49.8 Å². The van der Waals surface area contributed by atoms with Crippen LogP contribution in [0.3, 0.4) is 0 Å². The maximum atomic E-state index is 10.4. The van der Waals surface area contributed by atoms with E-state index in [-0.39, 0.29) is 11.5 Å². The second-order valence-electron chi connectivity index (χ2n) is 5.31. The van der Waals surface area contributed by atoms with Crippen LogP contribution in [0.4, 0.5) is 0 Å². The molecular formula is C12H22O4. The Labute approximate surface area is 96.9 Å². The molecule has 0 aromatic rings. The molecule has 4 nitrogen and oxygen atoms in total. The predicted octanol–water partition coefficient (Wildman–Crippen LogP) is 0.969. The first-order valence-corrected chi connectivity index (χ1v) is 6.01. The summed E-state index contributed by atoms with van der Waals surface area (Å²) in [5.74, 6) is 0.239. The van der Waals surface area contributed by atoms with E-state index in [9.17, 15) is 5.11 Å². The molecule has 3 unspecified atom stereocenters. The van der Waals surface area contributed by atoms with Crippen molar-refractivity contribution in [2.45, 2.75) is 37.4 Å². The summed E-state index contributed by atoms with van der Waals surface area (Å²) in [5.41, 5.74) is -0.894. The summed E-state index contributed by atoms with van der Waals surface area (Å²) in [4.78, 5) is 0. The summed E-state index contributed by atoms with van der Waals surface area (Å²) in [6, 6.07) is 0. The van der Waals surface area contributed by atoms with Gasteiger partial charge in [-0.05, 0) is 25.7 Å². The van der Waals surface area contributed by atoms with Gasteiger partial charge in [-0.3, -0.25) is 0 Å². The predicted molar refractivity (Wildman–Crippen MR) is 59.3 cm³/mol. The van der Waals surface area contributed by atoms with Crippen molar-refractivity contribution in [3.8, 4) is 0 Å². The van der Waals surface area contributed by atoms with Crippen molar-refractivity contribution in [3.63, 3.8) is 0 Å². The molecule has 2 aliphatic rings. The van der Waals surface area contributed by atoms with Crippen molar-refractivity contribution in [1.29, 1.82) is 0 Å². The minimum Gasteiger partial charge on any atom is -0.387 e. The van der Waals surface area contributed by atoms with Gasteiger partial charge in [-0.15, -0.1) is 0 Å². The Balaban J connectivity index is 2.00. The summed E-state index contributed by atoms with van der Waals surface area (Å²) in [5, 5.41) is 10.4. The van der Waals surface area contributed by atoms with Gasteiger partial charge in [-0.1, -0.05) is 0 Å². The molecule has 0 aromatic carbocycles. The zero-order valence-corrected chi connectivity index (χ0v) is 10.2. The van der Waals surface area contributed by atoms with Crippen LogP contribution in [0.2, 0.25) is 0 Å². The zero-order chi connectivity index (χ0) is 11.6. The van der Waals surface area contributed by atoms with Crippen molar-refractivity contribution in [1.82, 2.24) is 0 Å². The smallest absolute Gasteiger partial charge is 0.0940 e. The molecule has 2 rings (SSSR count). The number of methoxy groups -OCH3 is 1. The van der Waals surface area contributed by atoms with E-state index in [2.05, 4.69) is 0 Å². The fourth-order valence-electron chi connectivity index (χ4n) is 2.83. The van der Waals surface area contributed by atoms with Crippen LogP contribution in [0, 0.1) is 5.92 Å². The van der Waals surface area contributed by atoms with Gasteiger partial charge < -0.3 is 19.3 Å². The molecule has 1 spiro atoms. The average Bonchev–Trinajstić information content (AvgIpc) is 2.66. The molecule has 0 bridgehead atoms. The van der Waals surface area contributed by atoms with Gasteiger partial charge in [0.1, 0.15) is 0 Å². The highest BCUT2D eigenvalue weighted by Crippen LogP contribution is 2.40. The monoisotopic (exact) mass is 230 g/mol. The minimum absolute atomic E-state index is 0.138. The van der Waals surface area contributed by atoms with Gasteiger partial charge in [0.2, 0.25) is 0 Å². The first-order chi connectivity index (χ1) is 7.58. The molecule has 2 fully saturated rings. The normalized spacial score (nSPS) is 38.8. The summed E-state index contributed by atoms with van der Waals surface area (Å²) >= 11 is 0.